The van der Waals surface area contributed by atoms with Gasteiger partial charge in [0, 0.05) is 0 Å². The molecule has 5 heteroatoms. The van der Waals surface area contributed by atoms with Gasteiger partial charge in [-0.05, 0) is 55.2 Å². The van der Waals surface area contributed by atoms with Crippen molar-refractivity contribution >= 4 is 16.9 Å². The molecule has 2 heterocycles. The number of aryl methyl sites for hydroxylation is 2. The Bertz CT molecular complexity index is 1130. The van der Waals surface area contributed by atoms with Gasteiger partial charge in [0.05, 0.1) is 23.6 Å². The number of hydrogen-bond donors (Lipinski definition) is 1. The number of amides is 1. The zero-order chi connectivity index (χ0) is 20.5. The monoisotopic (exact) mass is 391 g/mol. The Morgan fingerprint density at radius 3 is 2.52 bits per heavy atom. The molecule has 5 nitrogen and oxygen atoms in total. The second-order valence-corrected chi connectivity index (χ2v) is 7.59. The van der Waals surface area contributed by atoms with E-state index in [9.17, 15) is 9.59 Å². The van der Waals surface area contributed by atoms with Crippen LogP contribution in [0.3, 0.4) is 0 Å². The standard InChI is InChI=1S/C24H25NO4/c1-4-5-6-13-28-17-10-8-16(9-11-17)20-19-21(26)18-12-7-14(2)15(3)22(18)29-23(19)24(27)25-20/h7-12,20H,4-6,13H2,1-3H3,(H,25,27). The van der Waals surface area contributed by atoms with Gasteiger partial charge in [0.2, 0.25) is 5.76 Å². The van der Waals surface area contributed by atoms with Gasteiger partial charge < -0.3 is 14.5 Å². The first-order valence-electron chi connectivity index (χ1n) is 10.1. The fourth-order valence-electron chi connectivity index (χ4n) is 3.75. The van der Waals surface area contributed by atoms with E-state index in [0.717, 1.165) is 41.7 Å². The Morgan fingerprint density at radius 1 is 1.03 bits per heavy atom. The van der Waals surface area contributed by atoms with Gasteiger partial charge in [-0.3, -0.25) is 9.59 Å². The van der Waals surface area contributed by atoms with E-state index in [1.54, 1.807) is 6.07 Å². The molecule has 1 unspecified atom stereocenters. The van der Waals surface area contributed by atoms with Gasteiger partial charge in [0.25, 0.3) is 5.91 Å². The van der Waals surface area contributed by atoms with E-state index in [0.29, 0.717) is 23.1 Å². The number of unbranched alkanes of at least 4 members (excludes halogenated alkanes) is 2. The van der Waals surface area contributed by atoms with Gasteiger partial charge >= 0.3 is 0 Å². The van der Waals surface area contributed by atoms with Gasteiger partial charge in [-0.2, -0.15) is 0 Å². The molecule has 29 heavy (non-hydrogen) atoms. The van der Waals surface area contributed by atoms with Crippen molar-refractivity contribution in [3.63, 3.8) is 0 Å². The lowest BCUT2D eigenvalue weighted by Gasteiger charge is -2.13. The van der Waals surface area contributed by atoms with Gasteiger partial charge in [0.1, 0.15) is 11.3 Å². The average Bonchev–Trinajstić information content (AvgIpc) is 3.06. The molecule has 1 atom stereocenters. The third kappa shape index (κ3) is 3.41. The molecular formula is C24H25NO4. The number of carbonyl (C=O) groups excluding carboxylic acids is 1. The fourth-order valence-corrected chi connectivity index (χ4v) is 3.75. The fraction of sp³-hybridized carbons (Fsp3) is 0.333. The first-order chi connectivity index (χ1) is 14.0. The van der Waals surface area contributed by atoms with Crippen LogP contribution in [0.4, 0.5) is 0 Å². The lowest BCUT2D eigenvalue weighted by Crippen LogP contribution is -2.21. The second kappa shape index (κ2) is 7.74. The third-order valence-electron chi connectivity index (χ3n) is 5.62. The minimum absolute atomic E-state index is 0.112. The van der Waals surface area contributed by atoms with Crippen molar-refractivity contribution in [2.45, 2.75) is 46.1 Å². The van der Waals surface area contributed by atoms with Gasteiger partial charge in [-0.25, -0.2) is 0 Å². The summed E-state index contributed by atoms with van der Waals surface area (Å²) >= 11 is 0. The Balaban J connectivity index is 1.69. The maximum atomic E-state index is 13.2. The lowest BCUT2D eigenvalue weighted by molar-refractivity contribution is 0.0938. The maximum absolute atomic E-state index is 13.2. The van der Waals surface area contributed by atoms with Crippen LogP contribution in [0.25, 0.3) is 11.0 Å². The molecule has 0 spiro atoms. The van der Waals surface area contributed by atoms with Crippen molar-refractivity contribution in [3.05, 3.63) is 74.6 Å². The average molecular weight is 391 g/mol. The zero-order valence-electron chi connectivity index (χ0n) is 17.0. The van der Waals surface area contributed by atoms with Crippen LogP contribution < -0.4 is 15.5 Å². The van der Waals surface area contributed by atoms with Gasteiger partial charge in [-0.1, -0.05) is 38.0 Å². The molecule has 1 N–H and O–H groups in total. The molecule has 1 amide bonds. The van der Waals surface area contributed by atoms with Crippen LogP contribution in [-0.4, -0.2) is 12.5 Å². The Labute approximate surface area is 169 Å². The minimum atomic E-state index is -0.520. The highest BCUT2D eigenvalue weighted by Crippen LogP contribution is 2.32. The van der Waals surface area contributed by atoms with E-state index < -0.39 is 6.04 Å². The highest BCUT2D eigenvalue weighted by Gasteiger charge is 2.36. The summed E-state index contributed by atoms with van der Waals surface area (Å²) in [4.78, 5) is 25.7. The van der Waals surface area contributed by atoms with Crippen LogP contribution in [-0.2, 0) is 0 Å². The smallest absolute Gasteiger partial charge is 0.288 e. The topological polar surface area (TPSA) is 68.5 Å². The van der Waals surface area contributed by atoms with E-state index >= 15 is 0 Å². The summed E-state index contributed by atoms with van der Waals surface area (Å²) in [6.45, 7) is 6.70. The van der Waals surface area contributed by atoms with Crippen LogP contribution in [0.15, 0.2) is 45.6 Å². The molecule has 3 aromatic rings. The van der Waals surface area contributed by atoms with Crippen LogP contribution in [0.1, 0.15) is 65.0 Å². The van der Waals surface area contributed by atoms with Gasteiger partial charge in [-0.15, -0.1) is 0 Å². The first kappa shape index (κ1) is 19.2. The van der Waals surface area contributed by atoms with Gasteiger partial charge in [0.15, 0.2) is 5.43 Å². The third-order valence-corrected chi connectivity index (χ3v) is 5.62. The molecule has 0 radical (unpaired) electrons. The van der Waals surface area contributed by atoms with Crippen LogP contribution >= 0.6 is 0 Å². The number of fused-ring (bicyclic) bond motifs is 2. The molecule has 0 saturated carbocycles. The van der Waals surface area contributed by atoms with Crippen molar-refractivity contribution in [1.82, 2.24) is 5.32 Å². The number of rotatable bonds is 6. The molecule has 1 aliphatic heterocycles. The molecule has 2 aromatic carbocycles. The molecule has 4 rings (SSSR count). The second-order valence-electron chi connectivity index (χ2n) is 7.59. The van der Waals surface area contributed by atoms with E-state index in [-0.39, 0.29) is 17.1 Å². The van der Waals surface area contributed by atoms with Crippen LogP contribution in [0.2, 0.25) is 0 Å². The Morgan fingerprint density at radius 2 is 1.79 bits per heavy atom. The summed E-state index contributed by atoms with van der Waals surface area (Å²) in [5.74, 6) is 0.539. The van der Waals surface area contributed by atoms with Crippen LogP contribution in [0.5, 0.6) is 5.75 Å². The predicted molar refractivity (Wildman–Crippen MR) is 113 cm³/mol. The number of carbonyl (C=O) groups is 1. The van der Waals surface area contributed by atoms with Crippen LogP contribution in [0, 0.1) is 13.8 Å². The molecule has 0 aliphatic carbocycles. The SMILES string of the molecule is CCCCCOc1ccc(C2NC(=O)c3oc4c(C)c(C)ccc4c(=O)c32)cc1. The van der Waals surface area contributed by atoms with E-state index in [4.69, 9.17) is 9.15 Å². The van der Waals surface area contributed by atoms with E-state index in [2.05, 4.69) is 12.2 Å². The van der Waals surface area contributed by atoms with Crippen molar-refractivity contribution < 1.29 is 13.9 Å². The summed E-state index contributed by atoms with van der Waals surface area (Å²) in [5.41, 5.74) is 3.43. The summed E-state index contributed by atoms with van der Waals surface area (Å²) in [6.07, 6.45) is 3.32. The van der Waals surface area contributed by atoms with E-state index in [1.807, 2.05) is 44.2 Å². The highest BCUT2D eigenvalue weighted by atomic mass is 16.5. The minimum Gasteiger partial charge on any atom is -0.494 e. The first-order valence-corrected chi connectivity index (χ1v) is 10.1. The van der Waals surface area contributed by atoms with Crippen molar-refractivity contribution in [2.75, 3.05) is 6.61 Å². The molecule has 1 aromatic heterocycles. The summed E-state index contributed by atoms with van der Waals surface area (Å²) in [7, 11) is 0. The summed E-state index contributed by atoms with van der Waals surface area (Å²) in [5, 5.41) is 3.40. The lowest BCUT2D eigenvalue weighted by atomic mass is 9.98. The zero-order valence-corrected chi connectivity index (χ0v) is 17.0. The van der Waals surface area contributed by atoms with Crippen molar-refractivity contribution in [2.24, 2.45) is 0 Å². The molecule has 0 bridgehead atoms. The molecule has 150 valence electrons. The maximum Gasteiger partial charge on any atom is 0.288 e. The quantitative estimate of drug-likeness (QED) is 0.612. The summed E-state index contributed by atoms with van der Waals surface area (Å²) < 4.78 is 11.7. The van der Waals surface area contributed by atoms with Crippen molar-refractivity contribution in [1.29, 1.82) is 0 Å². The summed E-state index contributed by atoms with van der Waals surface area (Å²) in [6, 6.07) is 10.7. The van der Waals surface area contributed by atoms with E-state index in [1.165, 1.54) is 0 Å². The van der Waals surface area contributed by atoms with Crippen molar-refractivity contribution in [3.8, 4) is 5.75 Å². The molecular weight excluding hydrogens is 366 g/mol. The highest BCUT2D eigenvalue weighted by molar-refractivity contribution is 5.99. The molecule has 0 fully saturated rings. The number of benzene rings is 2. The predicted octanol–water partition coefficient (Wildman–Crippen LogP) is 4.81. The number of nitrogens with one attached hydrogen (secondary N) is 1. The molecule has 1 aliphatic rings. The number of ether oxygens (including phenoxy) is 1. The largest absolute Gasteiger partial charge is 0.494 e. The molecule has 0 saturated heterocycles. The normalized spacial score (nSPS) is 15.4. The Hall–Kier alpha value is -3.08. The number of hydrogen-bond acceptors (Lipinski definition) is 4. The Kier molecular flexibility index (Phi) is 5.14.